The first-order valence-corrected chi connectivity index (χ1v) is 10.8. The van der Waals surface area contributed by atoms with Crippen LogP contribution in [0, 0.1) is 11.3 Å². The van der Waals surface area contributed by atoms with Crippen LogP contribution in [-0.4, -0.2) is 57.6 Å². The van der Waals surface area contributed by atoms with Gasteiger partial charge in [0, 0.05) is 14.2 Å². The lowest BCUT2D eigenvalue weighted by molar-refractivity contribution is -0.125. The molecule has 2 amide bonds. The average Bonchev–Trinajstić information content (AvgIpc) is 3.08. The molecule has 1 atom stereocenters. The second-order valence-corrected chi connectivity index (χ2v) is 8.63. The van der Waals surface area contributed by atoms with E-state index in [1.54, 1.807) is 18.2 Å². The van der Waals surface area contributed by atoms with Gasteiger partial charge < -0.3 is 9.47 Å². The maximum atomic E-state index is 13.4. The number of nitrogens with zero attached hydrogens (tertiary/aromatic N) is 3. The fourth-order valence-electron chi connectivity index (χ4n) is 3.31. The number of anilines is 1. The third kappa shape index (κ3) is 4.50. The Bertz CT molecular complexity index is 1090. The van der Waals surface area contributed by atoms with Crippen molar-refractivity contribution < 1.29 is 27.5 Å². The molecule has 9 nitrogen and oxygen atoms in total. The molecule has 1 fully saturated rings. The number of nitriles is 1. The van der Waals surface area contributed by atoms with Gasteiger partial charge in [-0.1, -0.05) is 18.2 Å². The van der Waals surface area contributed by atoms with Crippen molar-refractivity contribution in [3.63, 3.8) is 0 Å². The van der Waals surface area contributed by atoms with Gasteiger partial charge in [-0.05, 0) is 36.4 Å². The minimum absolute atomic E-state index is 0.0157. The van der Waals surface area contributed by atoms with Crippen LogP contribution in [0.4, 0.5) is 5.69 Å². The van der Waals surface area contributed by atoms with Crippen LogP contribution in [0.15, 0.2) is 59.5 Å². The van der Waals surface area contributed by atoms with E-state index in [9.17, 15) is 18.0 Å². The molecule has 0 bridgehead atoms. The highest BCUT2D eigenvalue weighted by atomic mass is 32.2. The number of methoxy groups -OCH3 is 2. The van der Waals surface area contributed by atoms with Crippen molar-refractivity contribution in [2.45, 2.75) is 23.6 Å². The minimum atomic E-state index is -4.14. The molecule has 2 aromatic rings. The smallest absolute Gasteiger partial charge is 0.252 e. The SMILES string of the molecule is COC(CN(C1CC(=O)N(c2ccc(C#N)cc2)C1=O)S(=O)(=O)c1ccccc1)OC. The zero-order chi connectivity index (χ0) is 22.6. The van der Waals surface area contributed by atoms with Crippen LogP contribution in [0.25, 0.3) is 0 Å². The largest absolute Gasteiger partial charge is 0.354 e. The first-order chi connectivity index (χ1) is 14.8. The standard InChI is InChI=1S/C21H21N3O6S/c1-29-20(30-2)14-23(31(27,28)17-6-4-3-5-7-17)18-12-19(25)24(21(18)26)16-10-8-15(13-22)9-11-16/h3-11,18,20H,12,14H2,1-2H3. The Balaban J connectivity index is 2.00. The highest BCUT2D eigenvalue weighted by molar-refractivity contribution is 7.89. The van der Waals surface area contributed by atoms with E-state index in [0.29, 0.717) is 5.56 Å². The Kier molecular flexibility index (Phi) is 6.82. The first-order valence-electron chi connectivity index (χ1n) is 9.33. The molecule has 1 aliphatic rings. The second kappa shape index (κ2) is 9.36. The Labute approximate surface area is 180 Å². The predicted molar refractivity (Wildman–Crippen MR) is 110 cm³/mol. The lowest BCUT2D eigenvalue weighted by atomic mass is 10.2. The zero-order valence-electron chi connectivity index (χ0n) is 17.0. The average molecular weight is 443 g/mol. The summed E-state index contributed by atoms with van der Waals surface area (Å²) < 4.78 is 38.0. The van der Waals surface area contributed by atoms with E-state index in [1.165, 1.54) is 50.6 Å². The molecule has 0 aromatic heterocycles. The van der Waals surface area contributed by atoms with Crippen LogP contribution in [0.5, 0.6) is 0 Å². The zero-order valence-corrected chi connectivity index (χ0v) is 17.8. The van der Waals surface area contributed by atoms with Crippen LogP contribution in [0.1, 0.15) is 12.0 Å². The molecule has 0 radical (unpaired) electrons. The summed E-state index contributed by atoms with van der Waals surface area (Å²) in [6.45, 7) is -0.283. The van der Waals surface area contributed by atoms with Crippen molar-refractivity contribution in [3.05, 3.63) is 60.2 Å². The molecular formula is C21H21N3O6S. The van der Waals surface area contributed by atoms with Crippen LogP contribution in [-0.2, 0) is 29.1 Å². The lowest BCUT2D eigenvalue weighted by Gasteiger charge is -2.29. The molecule has 3 rings (SSSR count). The van der Waals surface area contributed by atoms with Gasteiger partial charge in [-0.25, -0.2) is 13.3 Å². The first kappa shape index (κ1) is 22.6. The summed E-state index contributed by atoms with van der Waals surface area (Å²) in [5.74, 6) is -1.22. The summed E-state index contributed by atoms with van der Waals surface area (Å²) in [6, 6.07) is 14.2. The van der Waals surface area contributed by atoms with Gasteiger partial charge in [0.1, 0.15) is 6.04 Å². The van der Waals surface area contributed by atoms with Crippen LogP contribution in [0.3, 0.4) is 0 Å². The molecule has 1 unspecified atom stereocenters. The van der Waals surface area contributed by atoms with Crippen molar-refractivity contribution in [3.8, 4) is 6.07 Å². The predicted octanol–water partition coefficient (Wildman–Crippen LogP) is 1.50. The van der Waals surface area contributed by atoms with E-state index < -0.39 is 34.2 Å². The van der Waals surface area contributed by atoms with Crippen molar-refractivity contribution in [1.82, 2.24) is 4.31 Å². The fraction of sp³-hybridized carbons (Fsp3) is 0.286. The van der Waals surface area contributed by atoms with Gasteiger partial charge in [-0.3, -0.25) is 9.59 Å². The Morgan fingerprint density at radius 1 is 1.10 bits per heavy atom. The highest BCUT2D eigenvalue weighted by Gasteiger charge is 2.47. The third-order valence-electron chi connectivity index (χ3n) is 4.93. The van der Waals surface area contributed by atoms with Crippen molar-refractivity contribution in [2.24, 2.45) is 0 Å². The topological polar surface area (TPSA) is 117 Å². The summed E-state index contributed by atoms with van der Waals surface area (Å²) in [5, 5.41) is 8.95. The molecule has 1 saturated heterocycles. The Morgan fingerprint density at radius 3 is 2.26 bits per heavy atom. The lowest BCUT2D eigenvalue weighted by Crippen LogP contribution is -2.49. The number of benzene rings is 2. The Hall–Kier alpha value is -3.10. The van der Waals surface area contributed by atoms with Crippen molar-refractivity contribution in [2.75, 3.05) is 25.7 Å². The molecule has 0 spiro atoms. The minimum Gasteiger partial charge on any atom is -0.354 e. The molecule has 1 aliphatic heterocycles. The molecule has 0 N–H and O–H groups in total. The second-order valence-electron chi connectivity index (χ2n) is 6.73. The maximum Gasteiger partial charge on any atom is 0.252 e. The Morgan fingerprint density at radius 2 is 1.71 bits per heavy atom. The number of rotatable bonds is 8. The summed E-state index contributed by atoms with van der Waals surface area (Å²) >= 11 is 0. The molecule has 162 valence electrons. The van der Waals surface area contributed by atoms with Gasteiger partial charge in [0.25, 0.3) is 5.91 Å². The van der Waals surface area contributed by atoms with E-state index in [4.69, 9.17) is 14.7 Å². The van der Waals surface area contributed by atoms with Gasteiger partial charge in [0.15, 0.2) is 6.29 Å². The van der Waals surface area contributed by atoms with Gasteiger partial charge in [-0.2, -0.15) is 9.57 Å². The van der Waals surface area contributed by atoms with Gasteiger partial charge >= 0.3 is 0 Å². The van der Waals surface area contributed by atoms with E-state index in [2.05, 4.69) is 0 Å². The van der Waals surface area contributed by atoms with Crippen molar-refractivity contribution in [1.29, 1.82) is 5.26 Å². The highest BCUT2D eigenvalue weighted by Crippen LogP contribution is 2.29. The van der Waals surface area contributed by atoms with Crippen LogP contribution in [0.2, 0.25) is 0 Å². The van der Waals surface area contributed by atoms with E-state index in [1.807, 2.05) is 6.07 Å². The molecular weight excluding hydrogens is 422 g/mol. The summed E-state index contributed by atoms with van der Waals surface area (Å²) in [4.78, 5) is 26.8. The number of imide groups is 1. The normalized spacial score (nSPS) is 16.9. The fourth-order valence-corrected chi connectivity index (χ4v) is 4.90. The monoisotopic (exact) mass is 443 g/mol. The van der Waals surface area contributed by atoms with Gasteiger partial charge in [0.05, 0.1) is 35.2 Å². The molecule has 10 heteroatoms. The van der Waals surface area contributed by atoms with Crippen LogP contribution >= 0.6 is 0 Å². The molecule has 31 heavy (non-hydrogen) atoms. The number of sulfonamides is 1. The van der Waals surface area contributed by atoms with E-state index >= 15 is 0 Å². The summed E-state index contributed by atoms with van der Waals surface area (Å²) in [7, 11) is -1.44. The number of carbonyl (C=O) groups is 2. The number of amides is 2. The third-order valence-corrected chi connectivity index (χ3v) is 6.82. The number of hydrogen-bond acceptors (Lipinski definition) is 7. The number of ether oxygens (including phenoxy) is 2. The summed E-state index contributed by atoms with van der Waals surface area (Å²) in [6.07, 6.45) is -1.27. The summed E-state index contributed by atoms with van der Waals surface area (Å²) in [5.41, 5.74) is 0.638. The number of hydrogen-bond donors (Lipinski definition) is 0. The van der Waals surface area contributed by atoms with Crippen molar-refractivity contribution >= 4 is 27.5 Å². The van der Waals surface area contributed by atoms with Gasteiger partial charge in [-0.15, -0.1) is 0 Å². The molecule has 1 heterocycles. The van der Waals surface area contributed by atoms with E-state index in [0.717, 1.165) is 9.21 Å². The quantitative estimate of drug-likeness (QED) is 0.448. The maximum absolute atomic E-state index is 13.4. The number of carbonyl (C=O) groups excluding carboxylic acids is 2. The molecule has 0 aliphatic carbocycles. The molecule has 2 aromatic carbocycles. The van der Waals surface area contributed by atoms with Crippen LogP contribution < -0.4 is 4.90 Å². The molecule has 0 saturated carbocycles. The van der Waals surface area contributed by atoms with Gasteiger partial charge in [0.2, 0.25) is 15.9 Å². The van der Waals surface area contributed by atoms with E-state index in [-0.39, 0.29) is 23.5 Å².